The van der Waals surface area contributed by atoms with Crippen LogP contribution in [0.3, 0.4) is 0 Å². The van der Waals surface area contributed by atoms with Crippen molar-refractivity contribution in [1.29, 1.82) is 0 Å². The lowest BCUT2D eigenvalue weighted by atomic mass is 10.3. The lowest BCUT2D eigenvalue weighted by molar-refractivity contribution is 0.329. The minimum atomic E-state index is -1.31. The normalized spacial score (nSPS) is 12.6. The largest absolute Gasteiger partial charge is 0.418 e. The molecule has 0 aliphatic heterocycles. The molecule has 0 unspecified atom stereocenters. The molecule has 0 fully saturated rings. The Hall–Kier alpha value is -0.0831. The molecule has 0 saturated heterocycles. The van der Waals surface area contributed by atoms with E-state index in [1.54, 1.807) is 0 Å². The second-order valence-corrected chi connectivity index (χ2v) is 8.30. The van der Waals surface area contributed by atoms with Gasteiger partial charge in [-0.25, -0.2) is 0 Å². The highest BCUT2D eigenvalue weighted by atomic mass is 28.4. The first kappa shape index (κ1) is 12.9. The van der Waals surface area contributed by atoms with Crippen LogP contribution in [0.2, 0.25) is 19.1 Å². The molecule has 0 aromatic carbocycles. The number of hydrogen-bond donors (Lipinski definition) is 0. The number of rotatable bonds is 7. The fourth-order valence-corrected chi connectivity index (χ4v) is 3.08. The van der Waals surface area contributed by atoms with Gasteiger partial charge in [0.15, 0.2) is 8.32 Å². The molecule has 0 amide bonds. The summed E-state index contributed by atoms with van der Waals surface area (Å²) in [6.07, 6.45) is 8.26. The number of unbranched alkanes of at least 4 members (excludes halogenated alkanes) is 1. The summed E-state index contributed by atoms with van der Waals surface area (Å²) in [5.74, 6) is 0. The summed E-state index contributed by atoms with van der Waals surface area (Å²) in [7, 11) is -1.31. The lowest BCUT2D eigenvalue weighted by Gasteiger charge is -2.20. The molecule has 2 heteroatoms. The summed E-state index contributed by atoms with van der Waals surface area (Å²) >= 11 is 0. The van der Waals surface area contributed by atoms with Crippen molar-refractivity contribution in [3.63, 3.8) is 0 Å². The monoisotopic (exact) mass is 200 g/mol. The Morgan fingerprint density at radius 2 is 1.69 bits per heavy atom. The third kappa shape index (κ3) is 8.25. The smallest absolute Gasteiger partial charge is 0.186 e. The van der Waals surface area contributed by atoms with Crippen molar-refractivity contribution < 1.29 is 4.43 Å². The van der Waals surface area contributed by atoms with Crippen LogP contribution in [0, 0.1) is 0 Å². The van der Waals surface area contributed by atoms with Crippen LogP contribution in [0.4, 0.5) is 0 Å². The van der Waals surface area contributed by atoms with Crippen molar-refractivity contribution >= 4 is 8.32 Å². The lowest BCUT2D eigenvalue weighted by Crippen LogP contribution is -2.29. The van der Waals surface area contributed by atoms with E-state index >= 15 is 0 Å². The van der Waals surface area contributed by atoms with Gasteiger partial charge in [-0.3, -0.25) is 0 Å². The summed E-state index contributed by atoms with van der Waals surface area (Å²) < 4.78 is 5.74. The summed E-state index contributed by atoms with van der Waals surface area (Å²) in [6, 6.07) is 1.25. The third-order valence-corrected chi connectivity index (χ3v) is 4.63. The van der Waals surface area contributed by atoms with E-state index in [1.165, 1.54) is 25.3 Å². The van der Waals surface area contributed by atoms with E-state index in [-0.39, 0.29) is 0 Å². The minimum absolute atomic E-state index is 0.873. The predicted molar refractivity (Wildman–Crippen MR) is 62.6 cm³/mol. The van der Waals surface area contributed by atoms with Crippen molar-refractivity contribution in [2.45, 2.75) is 52.2 Å². The zero-order valence-corrected chi connectivity index (χ0v) is 10.6. The molecule has 0 bridgehead atoms. The number of hydrogen-bond acceptors (Lipinski definition) is 1. The van der Waals surface area contributed by atoms with Crippen LogP contribution in [0.25, 0.3) is 0 Å². The molecule has 0 aromatic heterocycles. The Kier molecular flexibility index (Phi) is 7.29. The highest BCUT2D eigenvalue weighted by Gasteiger charge is 2.19. The molecule has 0 aromatic rings. The van der Waals surface area contributed by atoms with Crippen LogP contribution in [-0.2, 0) is 4.43 Å². The molecule has 0 spiro atoms. The van der Waals surface area contributed by atoms with Crippen LogP contribution in [-0.4, -0.2) is 14.9 Å². The maximum Gasteiger partial charge on any atom is 0.186 e. The van der Waals surface area contributed by atoms with Crippen molar-refractivity contribution in [3.05, 3.63) is 12.2 Å². The zero-order valence-electron chi connectivity index (χ0n) is 9.60. The van der Waals surface area contributed by atoms with Gasteiger partial charge < -0.3 is 4.43 Å². The molecule has 0 saturated carbocycles. The Bertz CT molecular complexity index is 141. The first-order valence-corrected chi connectivity index (χ1v) is 8.53. The Balaban J connectivity index is 3.50. The Morgan fingerprint density at radius 1 is 1.08 bits per heavy atom. The summed E-state index contributed by atoms with van der Waals surface area (Å²) in [5.41, 5.74) is 0. The number of allylic oxidation sites excluding steroid dienone is 2. The standard InChI is InChI=1S/C11H24OSi/c1-5-7-8-9-10-11-13(3,4)12-6-2/h8-9H,5-7,10-11H2,1-4H3. The summed E-state index contributed by atoms with van der Waals surface area (Å²) in [5, 5.41) is 0. The van der Waals surface area contributed by atoms with Crippen molar-refractivity contribution in [3.8, 4) is 0 Å². The van der Waals surface area contributed by atoms with E-state index in [0.717, 1.165) is 6.61 Å². The first-order valence-electron chi connectivity index (χ1n) is 5.41. The van der Waals surface area contributed by atoms with Crippen LogP contribution in [0.5, 0.6) is 0 Å². The third-order valence-electron chi connectivity index (χ3n) is 2.07. The average molecular weight is 200 g/mol. The van der Waals surface area contributed by atoms with Crippen LogP contribution >= 0.6 is 0 Å². The van der Waals surface area contributed by atoms with E-state index in [1.807, 2.05) is 0 Å². The molecule has 1 nitrogen and oxygen atoms in total. The van der Waals surface area contributed by atoms with E-state index in [4.69, 9.17) is 4.43 Å². The van der Waals surface area contributed by atoms with Gasteiger partial charge >= 0.3 is 0 Å². The van der Waals surface area contributed by atoms with Crippen LogP contribution in [0.1, 0.15) is 33.1 Å². The van der Waals surface area contributed by atoms with Gasteiger partial charge in [0, 0.05) is 6.61 Å². The molecule has 0 rings (SSSR count). The maximum atomic E-state index is 5.74. The zero-order chi connectivity index (χ0) is 10.2. The molecule has 0 aliphatic carbocycles. The minimum Gasteiger partial charge on any atom is -0.418 e. The quantitative estimate of drug-likeness (QED) is 0.446. The van der Waals surface area contributed by atoms with E-state index in [9.17, 15) is 0 Å². The van der Waals surface area contributed by atoms with E-state index in [0.29, 0.717) is 0 Å². The highest BCUT2D eigenvalue weighted by molar-refractivity contribution is 6.71. The molecule has 13 heavy (non-hydrogen) atoms. The molecule has 78 valence electrons. The average Bonchev–Trinajstić information content (AvgIpc) is 2.04. The molecule has 0 N–H and O–H groups in total. The van der Waals surface area contributed by atoms with Gasteiger partial charge in [-0.2, -0.15) is 0 Å². The Morgan fingerprint density at radius 3 is 2.23 bits per heavy atom. The molecule has 0 radical (unpaired) electrons. The fraction of sp³-hybridized carbons (Fsp3) is 0.818. The Labute approximate surface area is 84.3 Å². The fourth-order valence-electron chi connectivity index (χ4n) is 1.30. The van der Waals surface area contributed by atoms with Gasteiger partial charge in [0.05, 0.1) is 0 Å². The first-order chi connectivity index (χ1) is 6.12. The summed E-state index contributed by atoms with van der Waals surface area (Å²) in [6.45, 7) is 9.76. The van der Waals surface area contributed by atoms with Gasteiger partial charge in [0.25, 0.3) is 0 Å². The highest BCUT2D eigenvalue weighted by Crippen LogP contribution is 2.13. The van der Waals surface area contributed by atoms with E-state index < -0.39 is 8.32 Å². The van der Waals surface area contributed by atoms with E-state index in [2.05, 4.69) is 39.1 Å². The summed E-state index contributed by atoms with van der Waals surface area (Å²) in [4.78, 5) is 0. The second kappa shape index (κ2) is 7.33. The van der Waals surface area contributed by atoms with Crippen LogP contribution < -0.4 is 0 Å². The van der Waals surface area contributed by atoms with Gasteiger partial charge in [-0.1, -0.05) is 25.5 Å². The molecular weight excluding hydrogens is 176 g/mol. The molecule has 0 atom stereocenters. The predicted octanol–water partition coefficient (Wildman–Crippen LogP) is 3.97. The van der Waals surface area contributed by atoms with Gasteiger partial charge in [-0.15, -0.1) is 0 Å². The molecule has 0 heterocycles. The van der Waals surface area contributed by atoms with Crippen molar-refractivity contribution in [2.24, 2.45) is 0 Å². The second-order valence-electron chi connectivity index (χ2n) is 3.99. The van der Waals surface area contributed by atoms with Crippen molar-refractivity contribution in [1.82, 2.24) is 0 Å². The van der Waals surface area contributed by atoms with Crippen molar-refractivity contribution in [2.75, 3.05) is 6.61 Å². The van der Waals surface area contributed by atoms with Gasteiger partial charge in [0.2, 0.25) is 0 Å². The van der Waals surface area contributed by atoms with Gasteiger partial charge in [-0.05, 0) is 38.9 Å². The molecule has 0 aliphatic rings. The maximum absolute atomic E-state index is 5.74. The van der Waals surface area contributed by atoms with Crippen LogP contribution in [0.15, 0.2) is 12.2 Å². The topological polar surface area (TPSA) is 9.23 Å². The van der Waals surface area contributed by atoms with Gasteiger partial charge in [0.1, 0.15) is 0 Å². The molecular formula is C11H24OSi. The SMILES string of the molecule is CCCC=CCC[Si](C)(C)OCC.